The number of benzene rings is 1. The van der Waals surface area contributed by atoms with Gasteiger partial charge in [0.05, 0.1) is 10.9 Å². The van der Waals surface area contributed by atoms with E-state index in [1.807, 2.05) is 12.1 Å². The fraction of sp³-hybridized carbons (Fsp3) is 0.647. The van der Waals surface area contributed by atoms with E-state index in [0.29, 0.717) is 12.8 Å². The van der Waals surface area contributed by atoms with Gasteiger partial charge in [0.1, 0.15) is 9.84 Å². The molecule has 0 amide bonds. The summed E-state index contributed by atoms with van der Waals surface area (Å²) in [4.78, 5) is 0. The van der Waals surface area contributed by atoms with Crippen molar-refractivity contribution in [1.82, 2.24) is 0 Å². The topological polar surface area (TPSA) is 54.4 Å². The van der Waals surface area contributed by atoms with Crippen LogP contribution in [0.25, 0.3) is 0 Å². The molecule has 1 aromatic carbocycles. The van der Waals surface area contributed by atoms with Crippen molar-refractivity contribution in [3.63, 3.8) is 0 Å². The van der Waals surface area contributed by atoms with E-state index in [2.05, 4.69) is 12.1 Å². The Kier molecular flexibility index (Phi) is 3.87. The zero-order valence-corrected chi connectivity index (χ0v) is 13.4. The van der Waals surface area contributed by atoms with Gasteiger partial charge in [-0.05, 0) is 49.1 Å². The maximum atomic E-state index is 11.8. The summed E-state index contributed by atoms with van der Waals surface area (Å²) in [6, 6.07) is 8.29. The van der Waals surface area contributed by atoms with Gasteiger partial charge in [-0.2, -0.15) is 0 Å². The van der Waals surface area contributed by atoms with Crippen molar-refractivity contribution in [3.05, 3.63) is 35.4 Å². The molecular formula is C17H24O3S. The van der Waals surface area contributed by atoms with E-state index in [1.165, 1.54) is 17.4 Å². The van der Waals surface area contributed by atoms with Gasteiger partial charge in [0.15, 0.2) is 0 Å². The number of aryl methyl sites for hydroxylation is 1. The molecule has 116 valence electrons. The number of rotatable bonds is 2. The fourth-order valence-corrected chi connectivity index (χ4v) is 5.29. The first-order valence-corrected chi connectivity index (χ1v) is 9.82. The summed E-state index contributed by atoms with van der Waals surface area (Å²) in [5.74, 6) is 0.110. The van der Waals surface area contributed by atoms with E-state index < -0.39 is 15.4 Å². The Labute approximate surface area is 127 Å². The van der Waals surface area contributed by atoms with Crippen molar-refractivity contribution < 1.29 is 13.5 Å². The van der Waals surface area contributed by atoms with Crippen LogP contribution in [0.1, 0.15) is 43.2 Å². The van der Waals surface area contributed by atoms with Gasteiger partial charge in [0.2, 0.25) is 0 Å². The van der Waals surface area contributed by atoms with Crippen LogP contribution in [0.5, 0.6) is 0 Å². The van der Waals surface area contributed by atoms with Gasteiger partial charge in [-0.3, -0.25) is 0 Å². The number of hydrogen-bond acceptors (Lipinski definition) is 3. The van der Waals surface area contributed by atoms with Crippen molar-refractivity contribution in [1.29, 1.82) is 0 Å². The molecular weight excluding hydrogens is 284 g/mol. The monoisotopic (exact) mass is 308 g/mol. The van der Waals surface area contributed by atoms with Gasteiger partial charge >= 0.3 is 0 Å². The Balaban J connectivity index is 1.80. The summed E-state index contributed by atoms with van der Waals surface area (Å²) in [6.07, 6.45) is 6.89. The van der Waals surface area contributed by atoms with Crippen LogP contribution in [-0.2, 0) is 22.7 Å². The van der Waals surface area contributed by atoms with Crippen molar-refractivity contribution in [3.8, 4) is 0 Å². The number of hydrogen-bond donors (Lipinski definition) is 1. The van der Waals surface area contributed by atoms with Crippen molar-refractivity contribution in [2.75, 3.05) is 6.26 Å². The summed E-state index contributed by atoms with van der Waals surface area (Å²) in [5.41, 5.74) is 1.84. The molecule has 0 aliphatic heterocycles. The second kappa shape index (κ2) is 5.40. The summed E-state index contributed by atoms with van der Waals surface area (Å²) >= 11 is 0. The minimum Gasteiger partial charge on any atom is -0.389 e. The second-order valence-corrected chi connectivity index (χ2v) is 9.19. The standard InChI is InChI=1S/C17H24O3S/c1-21(19,20)16-8-4-7-15(11-16)17(18)10-9-13-5-2-3-6-14(13)12-17/h2-3,5-6,15-16,18H,4,7-12H2,1H3. The Hall–Kier alpha value is -0.870. The number of sulfone groups is 1. The molecule has 0 saturated heterocycles. The van der Waals surface area contributed by atoms with E-state index in [0.717, 1.165) is 32.1 Å². The Morgan fingerprint density at radius 1 is 1.19 bits per heavy atom. The summed E-state index contributed by atoms with van der Waals surface area (Å²) < 4.78 is 23.7. The molecule has 4 heteroatoms. The molecule has 0 bridgehead atoms. The predicted molar refractivity (Wildman–Crippen MR) is 84.0 cm³/mol. The largest absolute Gasteiger partial charge is 0.389 e. The molecule has 1 saturated carbocycles. The first-order chi connectivity index (χ1) is 9.88. The molecule has 1 N–H and O–H groups in total. The molecule has 3 rings (SSSR count). The Bertz CT molecular complexity index is 623. The van der Waals surface area contributed by atoms with Gasteiger partial charge in [-0.15, -0.1) is 0 Å². The third-order valence-electron chi connectivity index (χ3n) is 5.43. The fourth-order valence-electron chi connectivity index (χ4n) is 4.11. The van der Waals surface area contributed by atoms with Gasteiger partial charge in [-0.25, -0.2) is 8.42 Å². The van der Waals surface area contributed by atoms with Crippen LogP contribution < -0.4 is 0 Å². The van der Waals surface area contributed by atoms with Crippen molar-refractivity contribution in [2.45, 2.75) is 55.8 Å². The third kappa shape index (κ3) is 3.02. The molecule has 3 atom stereocenters. The lowest BCUT2D eigenvalue weighted by Gasteiger charge is -2.43. The third-order valence-corrected chi connectivity index (χ3v) is 7.07. The highest BCUT2D eigenvalue weighted by Crippen LogP contribution is 2.42. The van der Waals surface area contributed by atoms with Crippen LogP contribution in [0.2, 0.25) is 0 Å². The maximum absolute atomic E-state index is 11.8. The normalized spacial score (nSPS) is 33.4. The molecule has 0 radical (unpaired) electrons. The van der Waals surface area contributed by atoms with E-state index in [-0.39, 0.29) is 11.2 Å². The van der Waals surface area contributed by atoms with Crippen molar-refractivity contribution in [2.24, 2.45) is 5.92 Å². The van der Waals surface area contributed by atoms with Gasteiger partial charge < -0.3 is 5.11 Å². The lowest BCUT2D eigenvalue weighted by atomic mass is 9.68. The first kappa shape index (κ1) is 15.0. The minimum atomic E-state index is -3.00. The predicted octanol–water partition coefficient (Wildman–Crippen LogP) is 2.51. The minimum absolute atomic E-state index is 0.110. The highest BCUT2D eigenvalue weighted by molar-refractivity contribution is 7.91. The molecule has 0 heterocycles. The molecule has 1 fully saturated rings. The quantitative estimate of drug-likeness (QED) is 0.913. The van der Waals surface area contributed by atoms with Crippen LogP contribution in [0.15, 0.2) is 24.3 Å². The van der Waals surface area contributed by atoms with E-state index in [1.54, 1.807) is 0 Å². The highest BCUT2D eigenvalue weighted by atomic mass is 32.2. The van der Waals surface area contributed by atoms with Gasteiger partial charge in [-0.1, -0.05) is 30.7 Å². The Morgan fingerprint density at radius 2 is 1.90 bits per heavy atom. The number of fused-ring (bicyclic) bond motifs is 1. The second-order valence-electron chi connectivity index (χ2n) is 6.86. The SMILES string of the molecule is CS(=O)(=O)C1CCCC(C2(O)CCc3ccccc3C2)C1. The molecule has 2 aliphatic rings. The molecule has 3 nitrogen and oxygen atoms in total. The lowest BCUT2D eigenvalue weighted by molar-refractivity contribution is -0.0432. The lowest BCUT2D eigenvalue weighted by Crippen LogP contribution is -2.46. The van der Waals surface area contributed by atoms with Crippen LogP contribution in [-0.4, -0.2) is 30.6 Å². The number of aliphatic hydroxyl groups is 1. The van der Waals surface area contributed by atoms with E-state index >= 15 is 0 Å². The Morgan fingerprint density at radius 3 is 2.62 bits per heavy atom. The van der Waals surface area contributed by atoms with Gasteiger partial charge in [0, 0.05) is 12.7 Å². The molecule has 2 aliphatic carbocycles. The highest BCUT2D eigenvalue weighted by Gasteiger charge is 2.43. The van der Waals surface area contributed by atoms with Gasteiger partial charge in [0.25, 0.3) is 0 Å². The zero-order valence-electron chi connectivity index (χ0n) is 12.6. The summed E-state index contributed by atoms with van der Waals surface area (Å²) in [7, 11) is -3.00. The van der Waals surface area contributed by atoms with Crippen LogP contribution in [0, 0.1) is 5.92 Å². The van der Waals surface area contributed by atoms with E-state index in [4.69, 9.17) is 0 Å². The molecule has 0 aromatic heterocycles. The smallest absolute Gasteiger partial charge is 0.150 e. The van der Waals surface area contributed by atoms with Crippen molar-refractivity contribution >= 4 is 9.84 Å². The first-order valence-electron chi connectivity index (χ1n) is 7.86. The van der Waals surface area contributed by atoms with Crippen LogP contribution in [0.3, 0.4) is 0 Å². The summed E-state index contributed by atoms with van der Waals surface area (Å²) in [6.45, 7) is 0. The maximum Gasteiger partial charge on any atom is 0.150 e. The van der Waals surface area contributed by atoms with E-state index in [9.17, 15) is 13.5 Å². The average molecular weight is 308 g/mol. The summed E-state index contributed by atoms with van der Waals surface area (Å²) in [5, 5.41) is 10.9. The molecule has 0 spiro atoms. The zero-order chi connectivity index (χ0) is 15.1. The average Bonchev–Trinajstić information content (AvgIpc) is 2.46. The molecule has 1 aromatic rings. The van der Waals surface area contributed by atoms with Crippen LogP contribution in [0.4, 0.5) is 0 Å². The van der Waals surface area contributed by atoms with Crippen LogP contribution >= 0.6 is 0 Å². The molecule has 3 unspecified atom stereocenters. The molecule has 21 heavy (non-hydrogen) atoms.